The molecule has 5 rings (SSSR count). The summed E-state index contributed by atoms with van der Waals surface area (Å²) in [5.41, 5.74) is 4.11. The van der Waals surface area contributed by atoms with Crippen molar-refractivity contribution in [3.05, 3.63) is 54.2 Å². The predicted octanol–water partition coefficient (Wildman–Crippen LogP) is 5.67. The zero-order valence-electron chi connectivity index (χ0n) is 14.5. The largest absolute Gasteiger partial charge is 0.573 e. The molecule has 8 heteroatoms. The summed E-state index contributed by atoms with van der Waals surface area (Å²) in [6.07, 6.45) is -2.86. The van der Waals surface area contributed by atoms with E-state index >= 15 is 0 Å². The summed E-state index contributed by atoms with van der Waals surface area (Å²) in [6.45, 7) is 0.798. The molecule has 4 aromatic rings. The maximum Gasteiger partial charge on any atom is 0.573 e. The predicted molar refractivity (Wildman–Crippen MR) is 101 cm³/mol. The van der Waals surface area contributed by atoms with Crippen molar-refractivity contribution in [1.82, 2.24) is 14.8 Å². The number of thiazole rings is 1. The van der Waals surface area contributed by atoms with Crippen molar-refractivity contribution in [1.29, 1.82) is 0 Å². The van der Waals surface area contributed by atoms with Crippen LogP contribution in [0.3, 0.4) is 0 Å². The smallest absolute Gasteiger partial charge is 0.406 e. The lowest BCUT2D eigenvalue weighted by Gasteiger charge is -2.10. The van der Waals surface area contributed by atoms with Gasteiger partial charge in [-0.05, 0) is 37.1 Å². The molecule has 0 saturated carbocycles. The Morgan fingerprint density at radius 2 is 1.93 bits per heavy atom. The minimum absolute atomic E-state index is 0.256. The number of para-hydroxylation sites is 1. The molecule has 28 heavy (non-hydrogen) atoms. The van der Waals surface area contributed by atoms with Gasteiger partial charge in [-0.25, -0.2) is 4.98 Å². The summed E-state index contributed by atoms with van der Waals surface area (Å²) in [5.74, 6) is -0.256. The third-order valence-electron chi connectivity index (χ3n) is 4.69. The second-order valence-corrected chi connectivity index (χ2v) is 7.59. The Morgan fingerprint density at radius 1 is 1.07 bits per heavy atom. The summed E-state index contributed by atoms with van der Waals surface area (Å²) in [5, 5.41) is 5.53. The molecule has 3 heterocycles. The van der Waals surface area contributed by atoms with Crippen LogP contribution in [0.1, 0.15) is 12.1 Å². The van der Waals surface area contributed by atoms with E-state index in [0.29, 0.717) is 11.3 Å². The first-order chi connectivity index (χ1) is 13.5. The first kappa shape index (κ1) is 17.2. The summed E-state index contributed by atoms with van der Waals surface area (Å²) < 4.78 is 44.9. The van der Waals surface area contributed by atoms with E-state index in [1.54, 1.807) is 23.5 Å². The third-order valence-corrected chi connectivity index (χ3v) is 5.74. The molecular weight excluding hydrogens is 387 g/mol. The van der Waals surface area contributed by atoms with Crippen LogP contribution in [0.25, 0.3) is 32.0 Å². The van der Waals surface area contributed by atoms with Gasteiger partial charge in [0, 0.05) is 17.8 Å². The fourth-order valence-corrected chi connectivity index (χ4v) is 4.61. The Bertz CT molecular complexity index is 1150. The highest BCUT2D eigenvalue weighted by Crippen LogP contribution is 2.41. The van der Waals surface area contributed by atoms with Gasteiger partial charge in [0.15, 0.2) is 0 Å². The van der Waals surface area contributed by atoms with Gasteiger partial charge in [0.1, 0.15) is 16.5 Å². The molecule has 0 saturated heterocycles. The van der Waals surface area contributed by atoms with Crippen LogP contribution in [0.15, 0.2) is 48.5 Å². The molecule has 4 nitrogen and oxygen atoms in total. The lowest BCUT2D eigenvalue weighted by atomic mass is 10.0. The number of aryl methyl sites for hydroxylation is 1. The Balaban J connectivity index is 1.66. The normalized spacial score (nSPS) is 13.8. The minimum atomic E-state index is -4.73. The number of hydrogen-bond acceptors (Lipinski definition) is 4. The molecule has 0 spiro atoms. The van der Waals surface area contributed by atoms with Crippen LogP contribution in [0.4, 0.5) is 13.2 Å². The molecular formula is C20H14F3N3OS. The van der Waals surface area contributed by atoms with Gasteiger partial charge in [-0.2, -0.15) is 5.10 Å². The topological polar surface area (TPSA) is 39.9 Å². The quantitative estimate of drug-likeness (QED) is 0.444. The number of halogens is 3. The average Bonchev–Trinajstić information content (AvgIpc) is 3.33. The Hall–Kier alpha value is -2.87. The maximum absolute atomic E-state index is 12.6. The molecule has 0 radical (unpaired) electrons. The van der Waals surface area contributed by atoms with Gasteiger partial charge in [-0.3, -0.25) is 4.68 Å². The molecule has 142 valence electrons. The van der Waals surface area contributed by atoms with Crippen LogP contribution in [-0.4, -0.2) is 21.1 Å². The van der Waals surface area contributed by atoms with Gasteiger partial charge in [-0.1, -0.05) is 24.3 Å². The number of alkyl halides is 3. The van der Waals surface area contributed by atoms with Gasteiger partial charge >= 0.3 is 6.36 Å². The van der Waals surface area contributed by atoms with E-state index in [0.717, 1.165) is 45.9 Å². The van der Waals surface area contributed by atoms with Gasteiger partial charge in [0.2, 0.25) is 0 Å². The van der Waals surface area contributed by atoms with Crippen molar-refractivity contribution in [2.45, 2.75) is 25.7 Å². The highest BCUT2D eigenvalue weighted by Gasteiger charge is 2.31. The van der Waals surface area contributed by atoms with Crippen LogP contribution < -0.4 is 4.74 Å². The average molecular weight is 401 g/mol. The fraction of sp³-hybridized carbons (Fsp3) is 0.200. The summed E-state index contributed by atoms with van der Waals surface area (Å²) >= 11 is 1.57. The molecule has 2 aromatic heterocycles. The Morgan fingerprint density at radius 3 is 2.75 bits per heavy atom. The number of aromatic nitrogens is 3. The van der Waals surface area contributed by atoms with Crippen molar-refractivity contribution in [3.63, 3.8) is 0 Å². The molecule has 0 amide bonds. The van der Waals surface area contributed by atoms with Gasteiger partial charge in [0.25, 0.3) is 0 Å². The van der Waals surface area contributed by atoms with Crippen LogP contribution >= 0.6 is 11.3 Å². The lowest BCUT2D eigenvalue weighted by molar-refractivity contribution is -0.274. The highest BCUT2D eigenvalue weighted by molar-refractivity contribution is 7.21. The van der Waals surface area contributed by atoms with Crippen LogP contribution in [0.5, 0.6) is 5.75 Å². The number of rotatable bonds is 3. The molecule has 1 aliphatic rings. The van der Waals surface area contributed by atoms with E-state index in [1.165, 1.54) is 12.1 Å². The van der Waals surface area contributed by atoms with Gasteiger partial charge in [-0.15, -0.1) is 24.5 Å². The summed E-state index contributed by atoms with van der Waals surface area (Å²) in [7, 11) is 0. The van der Waals surface area contributed by atoms with Crippen molar-refractivity contribution in [2.24, 2.45) is 0 Å². The first-order valence-electron chi connectivity index (χ1n) is 8.80. The van der Waals surface area contributed by atoms with E-state index < -0.39 is 6.36 Å². The lowest BCUT2D eigenvalue weighted by Crippen LogP contribution is -2.17. The molecule has 0 N–H and O–H groups in total. The SMILES string of the molecule is FC(F)(F)Oc1cccc(-c2nn3c(c2-c2nc4ccccc4s2)CCC3)c1. The second kappa shape index (κ2) is 6.34. The second-order valence-electron chi connectivity index (χ2n) is 6.56. The molecule has 1 aliphatic heterocycles. The number of nitrogens with zero attached hydrogens (tertiary/aromatic N) is 3. The molecule has 0 unspecified atom stereocenters. The third kappa shape index (κ3) is 3.03. The molecule has 0 atom stereocenters. The molecule has 0 fully saturated rings. The number of benzene rings is 2. The highest BCUT2D eigenvalue weighted by atomic mass is 32.1. The van der Waals surface area contributed by atoms with Crippen molar-refractivity contribution < 1.29 is 17.9 Å². The number of fused-ring (bicyclic) bond motifs is 2. The number of ether oxygens (including phenoxy) is 1. The zero-order valence-corrected chi connectivity index (χ0v) is 15.3. The van der Waals surface area contributed by atoms with Crippen LogP contribution in [-0.2, 0) is 13.0 Å². The number of hydrogen-bond donors (Lipinski definition) is 0. The van der Waals surface area contributed by atoms with E-state index in [9.17, 15) is 13.2 Å². The van der Waals surface area contributed by atoms with Crippen molar-refractivity contribution >= 4 is 21.6 Å². The maximum atomic E-state index is 12.6. The van der Waals surface area contributed by atoms with Crippen molar-refractivity contribution in [3.8, 4) is 27.6 Å². The van der Waals surface area contributed by atoms with Crippen LogP contribution in [0, 0.1) is 0 Å². The summed E-state index contributed by atoms with van der Waals surface area (Å²) in [4.78, 5) is 4.75. The van der Waals surface area contributed by atoms with E-state index in [4.69, 9.17) is 10.1 Å². The standard InChI is InChI=1S/C20H14F3N3OS/c21-20(22,23)27-13-6-3-5-12(11-13)18-17(15-8-4-10-26(15)25-18)19-24-14-7-1-2-9-16(14)28-19/h1-3,5-7,9,11H,4,8,10H2. The summed E-state index contributed by atoms with van der Waals surface area (Å²) in [6, 6.07) is 13.8. The van der Waals surface area contributed by atoms with Gasteiger partial charge in [0.05, 0.1) is 15.8 Å². The molecule has 0 aliphatic carbocycles. The Kier molecular flexibility index (Phi) is 3.90. The fourth-order valence-electron chi connectivity index (χ4n) is 3.58. The van der Waals surface area contributed by atoms with Crippen LogP contribution in [0.2, 0.25) is 0 Å². The van der Waals surface area contributed by atoms with E-state index in [1.807, 2.05) is 28.9 Å². The Labute approximate surface area is 162 Å². The van der Waals surface area contributed by atoms with Gasteiger partial charge < -0.3 is 4.74 Å². The molecule has 2 aromatic carbocycles. The minimum Gasteiger partial charge on any atom is -0.406 e. The first-order valence-corrected chi connectivity index (χ1v) is 9.61. The van der Waals surface area contributed by atoms with E-state index in [2.05, 4.69) is 4.74 Å². The zero-order chi connectivity index (χ0) is 19.3. The monoisotopic (exact) mass is 401 g/mol. The van der Waals surface area contributed by atoms with Crippen molar-refractivity contribution in [2.75, 3.05) is 0 Å². The molecule has 0 bridgehead atoms. The van der Waals surface area contributed by atoms with E-state index in [-0.39, 0.29) is 5.75 Å².